The summed E-state index contributed by atoms with van der Waals surface area (Å²) in [6.07, 6.45) is -0.600. The molecule has 6 nitrogen and oxygen atoms in total. The Bertz CT molecular complexity index is 1310. The first-order valence-electron chi connectivity index (χ1n) is 9.70. The summed E-state index contributed by atoms with van der Waals surface area (Å²) in [5.74, 6) is 1.11. The Morgan fingerprint density at radius 2 is 1.88 bits per heavy atom. The van der Waals surface area contributed by atoms with Crippen molar-refractivity contribution < 1.29 is 9.84 Å². The van der Waals surface area contributed by atoms with Gasteiger partial charge in [0.1, 0.15) is 5.75 Å². The molecule has 32 heavy (non-hydrogen) atoms. The number of halogens is 2. The molecule has 1 aliphatic heterocycles. The number of aromatic nitrogens is 3. The maximum absolute atomic E-state index is 10.0. The van der Waals surface area contributed by atoms with E-state index in [1.807, 2.05) is 48.5 Å². The Balaban J connectivity index is 1.52. The summed E-state index contributed by atoms with van der Waals surface area (Å²) in [5.41, 5.74) is 3.95. The van der Waals surface area contributed by atoms with Gasteiger partial charge in [0.15, 0.2) is 11.9 Å². The predicted octanol–water partition coefficient (Wildman–Crippen LogP) is 6.46. The van der Waals surface area contributed by atoms with Crippen LogP contribution in [0.25, 0.3) is 11.3 Å². The first-order valence-corrected chi connectivity index (χ1v) is 11.9. The van der Waals surface area contributed by atoms with E-state index in [9.17, 15) is 5.11 Å². The van der Waals surface area contributed by atoms with E-state index < -0.39 is 6.23 Å². The fourth-order valence-electron chi connectivity index (χ4n) is 3.34. The molecule has 0 spiro atoms. The number of thioether (sulfide) groups is 1. The number of anilines is 1. The highest BCUT2D eigenvalue weighted by atomic mass is 79.9. The van der Waals surface area contributed by atoms with Crippen LogP contribution in [-0.2, 0) is 5.75 Å². The standard InChI is InChI=1S/C23H16BrClN4O2S/c24-17-10-9-14(30)11-16(17)21-26-19-8-4-2-6-15(19)20-22(31-21)27-23(29-28-20)32-12-13-5-1-3-7-18(13)25/h1-11,21,26,30H,12H2. The summed E-state index contributed by atoms with van der Waals surface area (Å²) in [6.45, 7) is 0. The van der Waals surface area contributed by atoms with Crippen molar-refractivity contribution in [1.29, 1.82) is 0 Å². The minimum absolute atomic E-state index is 0.142. The number of hydrogen-bond donors (Lipinski definition) is 2. The Kier molecular flexibility index (Phi) is 5.91. The summed E-state index contributed by atoms with van der Waals surface area (Å²) >= 11 is 11.3. The van der Waals surface area contributed by atoms with E-state index in [1.165, 1.54) is 11.8 Å². The second-order valence-corrected chi connectivity index (χ2v) is 9.23. The number of hydrogen-bond acceptors (Lipinski definition) is 7. The van der Waals surface area contributed by atoms with Gasteiger partial charge in [0.05, 0.1) is 0 Å². The number of phenols is 1. The second-order valence-electron chi connectivity index (χ2n) is 7.02. The normalized spacial score (nSPS) is 14.5. The van der Waals surface area contributed by atoms with Crippen molar-refractivity contribution >= 4 is 45.0 Å². The topological polar surface area (TPSA) is 80.2 Å². The van der Waals surface area contributed by atoms with Crippen molar-refractivity contribution in [2.24, 2.45) is 0 Å². The van der Waals surface area contributed by atoms with Gasteiger partial charge in [-0.3, -0.25) is 0 Å². The van der Waals surface area contributed by atoms with E-state index in [2.05, 4.69) is 36.4 Å². The molecule has 2 heterocycles. The molecule has 0 fully saturated rings. The fraction of sp³-hybridized carbons (Fsp3) is 0.0870. The average molecular weight is 528 g/mol. The van der Waals surface area contributed by atoms with E-state index in [0.717, 1.165) is 26.9 Å². The van der Waals surface area contributed by atoms with E-state index in [0.29, 0.717) is 27.5 Å². The summed E-state index contributed by atoms with van der Waals surface area (Å²) in [6, 6.07) is 20.5. The third-order valence-electron chi connectivity index (χ3n) is 4.91. The van der Waals surface area contributed by atoms with Gasteiger partial charge in [-0.1, -0.05) is 75.7 Å². The molecule has 5 rings (SSSR count). The average Bonchev–Trinajstić information content (AvgIpc) is 2.96. The minimum atomic E-state index is -0.600. The molecule has 0 bridgehead atoms. The van der Waals surface area contributed by atoms with E-state index in [4.69, 9.17) is 16.3 Å². The Morgan fingerprint density at radius 3 is 2.75 bits per heavy atom. The maximum atomic E-state index is 10.0. The molecule has 0 amide bonds. The van der Waals surface area contributed by atoms with E-state index >= 15 is 0 Å². The number of fused-ring (bicyclic) bond motifs is 3. The van der Waals surface area contributed by atoms with Gasteiger partial charge < -0.3 is 15.2 Å². The van der Waals surface area contributed by atoms with Crippen LogP contribution in [-0.4, -0.2) is 20.3 Å². The minimum Gasteiger partial charge on any atom is -0.508 e. The van der Waals surface area contributed by atoms with Crippen LogP contribution >= 0.6 is 39.3 Å². The van der Waals surface area contributed by atoms with Crippen LogP contribution in [0, 0.1) is 0 Å². The van der Waals surface area contributed by atoms with E-state index in [1.54, 1.807) is 18.2 Å². The van der Waals surface area contributed by atoms with Crippen LogP contribution in [0.15, 0.2) is 76.4 Å². The van der Waals surface area contributed by atoms with Crippen molar-refractivity contribution in [3.63, 3.8) is 0 Å². The summed E-state index contributed by atoms with van der Waals surface area (Å²) < 4.78 is 7.07. The number of rotatable bonds is 4. The molecule has 1 unspecified atom stereocenters. The smallest absolute Gasteiger partial charge is 0.247 e. The van der Waals surface area contributed by atoms with Gasteiger partial charge >= 0.3 is 0 Å². The first kappa shape index (κ1) is 21.1. The summed E-state index contributed by atoms with van der Waals surface area (Å²) in [5, 5.41) is 23.3. The molecule has 0 aliphatic carbocycles. The van der Waals surface area contributed by atoms with Crippen molar-refractivity contribution in [2.45, 2.75) is 17.1 Å². The van der Waals surface area contributed by atoms with Crippen LogP contribution in [0.5, 0.6) is 11.6 Å². The lowest BCUT2D eigenvalue weighted by molar-refractivity contribution is 0.224. The molecule has 1 atom stereocenters. The van der Waals surface area contributed by atoms with Crippen molar-refractivity contribution in [1.82, 2.24) is 15.2 Å². The highest BCUT2D eigenvalue weighted by molar-refractivity contribution is 9.10. The fourth-order valence-corrected chi connectivity index (χ4v) is 4.86. The third-order valence-corrected chi connectivity index (χ3v) is 6.89. The monoisotopic (exact) mass is 526 g/mol. The third kappa shape index (κ3) is 4.26. The Labute approximate surface area is 202 Å². The zero-order chi connectivity index (χ0) is 22.1. The van der Waals surface area contributed by atoms with Crippen molar-refractivity contribution in [2.75, 3.05) is 5.32 Å². The van der Waals surface area contributed by atoms with Crippen molar-refractivity contribution in [3.8, 4) is 22.9 Å². The van der Waals surface area contributed by atoms with Gasteiger partial charge in [0, 0.05) is 32.1 Å². The van der Waals surface area contributed by atoms with Gasteiger partial charge in [-0.05, 0) is 35.9 Å². The number of ether oxygens (including phenoxy) is 1. The lowest BCUT2D eigenvalue weighted by Crippen LogP contribution is -2.17. The SMILES string of the molecule is Oc1ccc(Br)c(C2Nc3ccccc3-c3nnc(SCc4ccccc4Cl)nc3O2)c1. The van der Waals surface area contributed by atoms with Gasteiger partial charge in [-0.25, -0.2) is 0 Å². The van der Waals surface area contributed by atoms with Gasteiger partial charge in [-0.2, -0.15) is 4.98 Å². The number of nitrogens with one attached hydrogen (secondary N) is 1. The van der Waals surface area contributed by atoms with Crippen LogP contribution < -0.4 is 10.1 Å². The maximum Gasteiger partial charge on any atom is 0.247 e. The lowest BCUT2D eigenvalue weighted by atomic mass is 10.1. The summed E-state index contributed by atoms with van der Waals surface area (Å²) in [7, 11) is 0. The molecule has 0 saturated heterocycles. The molecular formula is C23H16BrClN4O2S. The molecule has 9 heteroatoms. The quantitative estimate of drug-likeness (QED) is 0.295. The highest BCUT2D eigenvalue weighted by Crippen LogP contribution is 2.41. The zero-order valence-electron chi connectivity index (χ0n) is 16.5. The lowest BCUT2D eigenvalue weighted by Gasteiger charge is -2.20. The van der Waals surface area contributed by atoms with Crippen LogP contribution in [0.4, 0.5) is 5.69 Å². The van der Waals surface area contributed by atoms with Gasteiger partial charge in [0.2, 0.25) is 11.0 Å². The molecule has 3 aromatic carbocycles. The predicted molar refractivity (Wildman–Crippen MR) is 129 cm³/mol. The van der Waals surface area contributed by atoms with Crippen LogP contribution in [0.3, 0.4) is 0 Å². The number of aromatic hydroxyl groups is 1. The second kappa shape index (κ2) is 8.97. The Morgan fingerprint density at radius 1 is 1.06 bits per heavy atom. The molecule has 4 aromatic rings. The van der Waals surface area contributed by atoms with Gasteiger partial charge in [0.25, 0.3) is 0 Å². The molecule has 0 radical (unpaired) electrons. The first-order chi connectivity index (χ1) is 15.6. The van der Waals surface area contributed by atoms with Crippen molar-refractivity contribution in [3.05, 3.63) is 87.4 Å². The van der Waals surface area contributed by atoms with Crippen LogP contribution in [0.2, 0.25) is 5.02 Å². The highest BCUT2D eigenvalue weighted by Gasteiger charge is 2.27. The molecule has 1 aliphatic rings. The number of benzene rings is 3. The number of para-hydroxylation sites is 1. The van der Waals surface area contributed by atoms with Crippen LogP contribution in [0.1, 0.15) is 17.4 Å². The van der Waals surface area contributed by atoms with Gasteiger partial charge in [-0.15, -0.1) is 10.2 Å². The molecule has 1 aromatic heterocycles. The molecule has 0 saturated carbocycles. The Hall–Kier alpha value is -2.81. The number of nitrogens with zero attached hydrogens (tertiary/aromatic N) is 3. The number of phenolic OH excluding ortho intramolecular Hbond substituents is 1. The largest absolute Gasteiger partial charge is 0.508 e. The van der Waals surface area contributed by atoms with E-state index in [-0.39, 0.29) is 5.75 Å². The molecular weight excluding hydrogens is 512 g/mol. The molecule has 160 valence electrons. The molecule has 2 N–H and O–H groups in total. The zero-order valence-corrected chi connectivity index (χ0v) is 19.7. The summed E-state index contributed by atoms with van der Waals surface area (Å²) in [4.78, 5) is 4.65.